The van der Waals surface area contributed by atoms with Gasteiger partial charge in [0.25, 0.3) is 0 Å². The van der Waals surface area contributed by atoms with Crippen molar-refractivity contribution in [3.8, 4) is 0 Å². The topological polar surface area (TPSA) is 37.3 Å². The summed E-state index contributed by atoms with van der Waals surface area (Å²) in [6.07, 6.45) is 1.20. The molecule has 1 rings (SSSR count). The summed E-state index contributed by atoms with van der Waals surface area (Å²) < 4.78 is 11.9. The van der Waals surface area contributed by atoms with Gasteiger partial charge in [0.05, 0.1) is 13.1 Å². The molecule has 0 saturated heterocycles. The number of hydrogen-bond donors (Lipinski definition) is 1. The molecule has 2 nitrogen and oxygen atoms in total. The molecule has 0 saturated carbocycles. The number of carbonyl (C=O) groups is 1. The first kappa shape index (κ1) is 10.7. The summed E-state index contributed by atoms with van der Waals surface area (Å²) >= 11 is 0. The minimum atomic E-state index is -0.840. The van der Waals surface area contributed by atoms with Crippen LogP contribution in [-0.2, 0) is 17.6 Å². The molecule has 0 fully saturated rings. The normalized spacial score (nSPS) is 10.1. The molecular formula is C11H13FO2. The minimum absolute atomic E-state index is 0.0312. The van der Waals surface area contributed by atoms with Gasteiger partial charge in [0.15, 0.2) is 0 Å². The summed E-state index contributed by atoms with van der Waals surface area (Å²) in [6.45, 7) is -0.330. The highest BCUT2D eigenvalue weighted by Gasteiger charge is 2.01. The second-order valence-corrected chi connectivity index (χ2v) is 3.18. The maximum absolute atomic E-state index is 11.9. The number of halogens is 1. The Balaban J connectivity index is 2.63. The molecule has 14 heavy (non-hydrogen) atoms. The average molecular weight is 196 g/mol. The van der Waals surface area contributed by atoms with Gasteiger partial charge in [0.2, 0.25) is 0 Å². The molecule has 0 amide bonds. The summed E-state index contributed by atoms with van der Waals surface area (Å²) in [5.41, 5.74) is 1.77. The smallest absolute Gasteiger partial charge is 0.307 e. The number of benzene rings is 1. The van der Waals surface area contributed by atoms with Gasteiger partial charge in [-0.25, -0.2) is 0 Å². The van der Waals surface area contributed by atoms with Crippen molar-refractivity contribution in [1.29, 1.82) is 0 Å². The van der Waals surface area contributed by atoms with Gasteiger partial charge in [-0.05, 0) is 24.0 Å². The van der Waals surface area contributed by atoms with E-state index in [2.05, 4.69) is 0 Å². The highest BCUT2D eigenvalue weighted by Crippen LogP contribution is 2.08. The minimum Gasteiger partial charge on any atom is -0.481 e. The summed E-state index contributed by atoms with van der Waals surface area (Å²) in [7, 11) is 0. The molecule has 0 heterocycles. The lowest BCUT2D eigenvalue weighted by molar-refractivity contribution is -0.136. The molecular weight excluding hydrogens is 183 g/mol. The highest BCUT2D eigenvalue weighted by molar-refractivity contribution is 5.70. The van der Waals surface area contributed by atoms with Crippen LogP contribution in [0, 0.1) is 0 Å². The van der Waals surface area contributed by atoms with Gasteiger partial charge in [-0.1, -0.05) is 24.3 Å². The van der Waals surface area contributed by atoms with E-state index in [1.165, 1.54) is 0 Å². The van der Waals surface area contributed by atoms with E-state index in [1.54, 1.807) is 6.07 Å². The zero-order valence-corrected chi connectivity index (χ0v) is 7.87. The molecule has 0 aliphatic carbocycles. The Morgan fingerprint density at radius 1 is 1.36 bits per heavy atom. The third-order valence-corrected chi connectivity index (χ3v) is 1.95. The van der Waals surface area contributed by atoms with E-state index < -0.39 is 5.97 Å². The molecule has 0 aromatic heterocycles. The molecule has 1 aromatic carbocycles. The predicted molar refractivity (Wildman–Crippen MR) is 52.1 cm³/mol. The van der Waals surface area contributed by atoms with Crippen LogP contribution in [0.2, 0.25) is 0 Å². The molecule has 0 spiro atoms. The number of carboxylic acid groups (broad SMARTS) is 1. The average Bonchev–Trinajstić information content (AvgIpc) is 2.14. The Labute approximate surface area is 82.4 Å². The highest BCUT2D eigenvalue weighted by atomic mass is 19.1. The fourth-order valence-electron chi connectivity index (χ4n) is 1.34. The van der Waals surface area contributed by atoms with E-state index >= 15 is 0 Å². The molecule has 1 aromatic rings. The Kier molecular flexibility index (Phi) is 4.11. The number of carboxylic acids is 1. The molecule has 0 atom stereocenters. The van der Waals surface area contributed by atoms with Crippen LogP contribution in [0.5, 0.6) is 0 Å². The Morgan fingerprint density at radius 2 is 2.07 bits per heavy atom. The monoisotopic (exact) mass is 196 g/mol. The third kappa shape index (κ3) is 3.56. The zero-order chi connectivity index (χ0) is 10.4. The Morgan fingerprint density at radius 3 is 2.71 bits per heavy atom. The first-order valence-corrected chi connectivity index (χ1v) is 4.58. The summed E-state index contributed by atoms with van der Waals surface area (Å²) in [5.74, 6) is -0.840. The summed E-state index contributed by atoms with van der Waals surface area (Å²) in [5, 5.41) is 8.57. The SMILES string of the molecule is O=C(O)Cc1cccc(CCCF)c1. The molecule has 0 radical (unpaired) electrons. The van der Waals surface area contributed by atoms with Crippen LogP contribution in [0.25, 0.3) is 0 Å². The van der Waals surface area contributed by atoms with Gasteiger partial charge in [0, 0.05) is 0 Å². The predicted octanol–water partition coefficient (Wildman–Crippen LogP) is 2.22. The van der Waals surface area contributed by atoms with E-state index in [9.17, 15) is 9.18 Å². The lowest BCUT2D eigenvalue weighted by atomic mass is 10.1. The molecule has 0 aliphatic rings. The van der Waals surface area contributed by atoms with E-state index in [0.29, 0.717) is 12.8 Å². The quantitative estimate of drug-likeness (QED) is 0.784. The molecule has 0 unspecified atom stereocenters. The first-order valence-electron chi connectivity index (χ1n) is 4.58. The molecule has 1 N–H and O–H groups in total. The second-order valence-electron chi connectivity index (χ2n) is 3.18. The van der Waals surface area contributed by atoms with Gasteiger partial charge >= 0.3 is 5.97 Å². The standard InChI is InChI=1S/C11H13FO2/c12-6-2-5-9-3-1-4-10(7-9)8-11(13)14/h1,3-4,7H,2,5-6,8H2,(H,13,14). The van der Waals surface area contributed by atoms with Gasteiger partial charge in [-0.3, -0.25) is 9.18 Å². The number of aliphatic carboxylic acids is 1. The van der Waals surface area contributed by atoms with Crippen molar-refractivity contribution in [2.45, 2.75) is 19.3 Å². The van der Waals surface area contributed by atoms with Crippen LogP contribution in [-0.4, -0.2) is 17.8 Å². The van der Waals surface area contributed by atoms with Gasteiger partial charge in [0.1, 0.15) is 0 Å². The summed E-state index contributed by atoms with van der Waals surface area (Å²) in [6, 6.07) is 7.30. The second kappa shape index (κ2) is 5.37. The maximum Gasteiger partial charge on any atom is 0.307 e. The van der Waals surface area contributed by atoms with Crippen LogP contribution in [0.4, 0.5) is 4.39 Å². The van der Waals surface area contributed by atoms with Crippen LogP contribution in [0.3, 0.4) is 0 Å². The lowest BCUT2D eigenvalue weighted by Crippen LogP contribution is -2.00. The Hall–Kier alpha value is -1.38. The van der Waals surface area contributed by atoms with E-state index in [0.717, 1.165) is 11.1 Å². The number of alkyl halides is 1. The van der Waals surface area contributed by atoms with E-state index in [-0.39, 0.29) is 13.1 Å². The van der Waals surface area contributed by atoms with Gasteiger partial charge in [-0.2, -0.15) is 0 Å². The largest absolute Gasteiger partial charge is 0.481 e. The van der Waals surface area contributed by atoms with Crippen molar-refractivity contribution in [2.75, 3.05) is 6.67 Å². The van der Waals surface area contributed by atoms with Crippen molar-refractivity contribution in [3.05, 3.63) is 35.4 Å². The van der Waals surface area contributed by atoms with Gasteiger partial charge in [-0.15, -0.1) is 0 Å². The van der Waals surface area contributed by atoms with Crippen LogP contribution in [0.15, 0.2) is 24.3 Å². The number of aryl methyl sites for hydroxylation is 1. The fraction of sp³-hybridized carbons (Fsp3) is 0.364. The van der Waals surface area contributed by atoms with Crippen LogP contribution in [0.1, 0.15) is 17.5 Å². The number of hydrogen-bond acceptors (Lipinski definition) is 1. The number of rotatable bonds is 5. The van der Waals surface area contributed by atoms with Crippen molar-refractivity contribution in [3.63, 3.8) is 0 Å². The summed E-state index contributed by atoms with van der Waals surface area (Å²) in [4.78, 5) is 10.4. The van der Waals surface area contributed by atoms with Gasteiger partial charge < -0.3 is 5.11 Å². The lowest BCUT2D eigenvalue weighted by Gasteiger charge is -2.01. The van der Waals surface area contributed by atoms with Crippen LogP contribution >= 0.6 is 0 Å². The van der Waals surface area contributed by atoms with Crippen molar-refractivity contribution < 1.29 is 14.3 Å². The van der Waals surface area contributed by atoms with E-state index in [1.807, 2.05) is 18.2 Å². The molecule has 76 valence electrons. The van der Waals surface area contributed by atoms with E-state index in [4.69, 9.17) is 5.11 Å². The van der Waals surface area contributed by atoms with Crippen molar-refractivity contribution >= 4 is 5.97 Å². The zero-order valence-electron chi connectivity index (χ0n) is 7.87. The fourth-order valence-corrected chi connectivity index (χ4v) is 1.34. The molecule has 0 bridgehead atoms. The first-order chi connectivity index (χ1) is 6.72. The molecule has 0 aliphatic heterocycles. The third-order valence-electron chi connectivity index (χ3n) is 1.95. The molecule has 3 heteroatoms. The maximum atomic E-state index is 11.9. The van der Waals surface area contributed by atoms with Crippen molar-refractivity contribution in [2.24, 2.45) is 0 Å². The van der Waals surface area contributed by atoms with Crippen molar-refractivity contribution in [1.82, 2.24) is 0 Å². The van der Waals surface area contributed by atoms with Crippen LogP contribution < -0.4 is 0 Å². The Bertz CT molecular complexity index is 310.